The number of pyridine rings is 1. The van der Waals surface area contributed by atoms with Gasteiger partial charge in [0.1, 0.15) is 5.52 Å². The van der Waals surface area contributed by atoms with Crippen molar-refractivity contribution in [1.29, 1.82) is 0 Å². The van der Waals surface area contributed by atoms with Crippen LogP contribution >= 0.6 is 0 Å². The predicted molar refractivity (Wildman–Crippen MR) is 57.2 cm³/mol. The van der Waals surface area contributed by atoms with Gasteiger partial charge < -0.3 is 4.57 Å². The number of rotatable bonds is 0. The van der Waals surface area contributed by atoms with E-state index in [0.717, 1.165) is 16.7 Å². The van der Waals surface area contributed by atoms with Crippen molar-refractivity contribution in [3.63, 3.8) is 0 Å². The molecule has 2 rings (SSSR count). The van der Waals surface area contributed by atoms with E-state index >= 15 is 0 Å². The summed E-state index contributed by atoms with van der Waals surface area (Å²) in [4.78, 5) is 8.66. The van der Waals surface area contributed by atoms with E-state index in [9.17, 15) is 0 Å². The lowest BCUT2D eigenvalue weighted by molar-refractivity contribution is 0.570. The first-order chi connectivity index (χ1) is 6.48. The van der Waals surface area contributed by atoms with Gasteiger partial charge in [0, 0.05) is 18.2 Å². The summed E-state index contributed by atoms with van der Waals surface area (Å²) in [6.07, 6.45) is 3.66. The first-order valence-electron chi connectivity index (χ1n) is 4.76. The molecule has 14 heavy (non-hydrogen) atoms. The SMILES string of the molecule is Cn1cnc2cnc(C(C)(C)C)cc21. The molecule has 0 radical (unpaired) electrons. The monoisotopic (exact) mass is 189 g/mol. The van der Waals surface area contributed by atoms with Crippen LogP contribution in [-0.4, -0.2) is 14.5 Å². The van der Waals surface area contributed by atoms with Crippen molar-refractivity contribution in [2.45, 2.75) is 26.2 Å². The Morgan fingerprint density at radius 1 is 1.21 bits per heavy atom. The van der Waals surface area contributed by atoms with Crippen molar-refractivity contribution < 1.29 is 0 Å². The number of fused-ring (bicyclic) bond motifs is 1. The molecule has 0 saturated carbocycles. The number of hydrogen-bond donors (Lipinski definition) is 0. The minimum atomic E-state index is 0.0957. The Balaban J connectivity index is 2.66. The molecule has 0 unspecified atom stereocenters. The molecule has 0 spiro atoms. The average molecular weight is 189 g/mol. The molecule has 0 aliphatic heterocycles. The molecule has 2 aromatic heterocycles. The third-order valence-electron chi connectivity index (χ3n) is 2.38. The van der Waals surface area contributed by atoms with E-state index < -0.39 is 0 Å². The van der Waals surface area contributed by atoms with Gasteiger partial charge in [0.15, 0.2) is 0 Å². The highest BCUT2D eigenvalue weighted by Gasteiger charge is 2.16. The maximum Gasteiger partial charge on any atom is 0.107 e. The van der Waals surface area contributed by atoms with Gasteiger partial charge in [-0.3, -0.25) is 4.98 Å². The Morgan fingerprint density at radius 2 is 1.93 bits per heavy atom. The zero-order valence-corrected chi connectivity index (χ0v) is 9.07. The molecule has 0 atom stereocenters. The smallest absolute Gasteiger partial charge is 0.107 e. The lowest BCUT2D eigenvalue weighted by Crippen LogP contribution is -2.13. The first-order valence-corrected chi connectivity index (χ1v) is 4.76. The molecule has 0 bridgehead atoms. The van der Waals surface area contributed by atoms with E-state index in [1.165, 1.54) is 0 Å². The largest absolute Gasteiger partial charge is 0.334 e. The summed E-state index contributed by atoms with van der Waals surface area (Å²) in [6.45, 7) is 6.49. The lowest BCUT2D eigenvalue weighted by Gasteiger charge is -2.17. The van der Waals surface area contributed by atoms with E-state index in [2.05, 4.69) is 36.8 Å². The fourth-order valence-electron chi connectivity index (χ4n) is 1.44. The van der Waals surface area contributed by atoms with Gasteiger partial charge in [0.05, 0.1) is 18.0 Å². The molecule has 0 fully saturated rings. The van der Waals surface area contributed by atoms with Crippen molar-refractivity contribution in [2.75, 3.05) is 0 Å². The summed E-state index contributed by atoms with van der Waals surface area (Å²) >= 11 is 0. The minimum Gasteiger partial charge on any atom is -0.334 e. The van der Waals surface area contributed by atoms with E-state index in [1.807, 2.05) is 24.1 Å². The topological polar surface area (TPSA) is 30.7 Å². The second kappa shape index (κ2) is 2.80. The molecule has 2 heterocycles. The summed E-state index contributed by atoms with van der Waals surface area (Å²) in [5.41, 5.74) is 3.30. The van der Waals surface area contributed by atoms with Gasteiger partial charge in [-0.05, 0) is 6.07 Å². The molecule has 0 N–H and O–H groups in total. The highest BCUT2D eigenvalue weighted by Crippen LogP contribution is 2.22. The summed E-state index contributed by atoms with van der Waals surface area (Å²) < 4.78 is 2.02. The molecule has 3 heteroatoms. The highest BCUT2D eigenvalue weighted by molar-refractivity contribution is 5.74. The fraction of sp³-hybridized carbons (Fsp3) is 0.455. The number of hydrogen-bond acceptors (Lipinski definition) is 2. The van der Waals surface area contributed by atoms with Crippen molar-refractivity contribution in [1.82, 2.24) is 14.5 Å². The molecule has 2 aromatic rings. The quantitative estimate of drug-likeness (QED) is 0.636. The van der Waals surface area contributed by atoms with E-state index in [-0.39, 0.29) is 5.41 Å². The summed E-state index contributed by atoms with van der Waals surface area (Å²) in [7, 11) is 2.00. The van der Waals surface area contributed by atoms with Crippen LogP contribution in [0.4, 0.5) is 0 Å². The standard InChI is InChI=1S/C11H15N3/c1-11(2,3)10-5-9-8(6-12-10)13-7-14(9)4/h5-7H,1-4H3. The molecule has 0 amide bonds. The van der Waals surface area contributed by atoms with Crippen LogP contribution in [0.1, 0.15) is 26.5 Å². The van der Waals surface area contributed by atoms with Gasteiger partial charge in [-0.2, -0.15) is 0 Å². The van der Waals surface area contributed by atoms with Gasteiger partial charge in [0.2, 0.25) is 0 Å². The second-order valence-corrected chi connectivity index (χ2v) is 4.66. The van der Waals surface area contributed by atoms with E-state index in [1.54, 1.807) is 0 Å². The van der Waals surface area contributed by atoms with Crippen LogP contribution < -0.4 is 0 Å². The normalized spacial score (nSPS) is 12.3. The Labute approximate surface area is 83.8 Å². The molecule has 0 saturated heterocycles. The molecule has 0 aliphatic carbocycles. The van der Waals surface area contributed by atoms with E-state index in [0.29, 0.717) is 0 Å². The molecular formula is C11H15N3. The van der Waals surface area contributed by atoms with Crippen LogP contribution in [0.5, 0.6) is 0 Å². The van der Waals surface area contributed by atoms with Gasteiger partial charge >= 0.3 is 0 Å². The van der Waals surface area contributed by atoms with Crippen LogP contribution in [0.3, 0.4) is 0 Å². The molecule has 0 aromatic carbocycles. The van der Waals surface area contributed by atoms with Crippen molar-refractivity contribution >= 4 is 11.0 Å². The summed E-state index contributed by atoms with van der Waals surface area (Å²) in [5.74, 6) is 0. The van der Waals surface area contributed by atoms with Crippen molar-refractivity contribution in [3.05, 3.63) is 24.3 Å². The van der Waals surface area contributed by atoms with Crippen LogP contribution in [-0.2, 0) is 12.5 Å². The third kappa shape index (κ3) is 1.39. The van der Waals surface area contributed by atoms with Crippen LogP contribution in [0.15, 0.2) is 18.6 Å². The van der Waals surface area contributed by atoms with Crippen molar-refractivity contribution in [2.24, 2.45) is 7.05 Å². The van der Waals surface area contributed by atoms with Crippen LogP contribution in [0.25, 0.3) is 11.0 Å². The Morgan fingerprint density at radius 3 is 2.57 bits per heavy atom. The fourth-order valence-corrected chi connectivity index (χ4v) is 1.44. The van der Waals surface area contributed by atoms with Gasteiger partial charge in [-0.15, -0.1) is 0 Å². The number of aromatic nitrogens is 3. The van der Waals surface area contributed by atoms with Gasteiger partial charge in [0.25, 0.3) is 0 Å². The minimum absolute atomic E-state index is 0.0957. The zero-order chi connectivity index (χ0) is 10.3. The molecular weight excluding hydrogens is 174 g/mol. The Kier molecular flexibility index (Phi) is 1.84. The lowest BCUT2D eigenvalue weighted by atomic mass is 9.91. The molecule has 0 aliphatic rings. The number of nitrogens with zero attached hydrogens (tertiary/aromatic N) is 3. The Bertz CT molecular complexity index is 463. The predicted octanol–water partition coefficient (Wildman–Crippen LogP) is 2.27. The molecule has 3 nitrogen and oxygen atoms in total. The second-order valence-electron chi connectivity index (χ2n) is 4.66. The third-order valence-corrected chi connectivity index (χ3v) is 2.38. The number of aryl methyl sites for hydroxylation is 1. The number of imidazole rings is 1. The van der Waals surface area contributed by atoms with Gasteiger partial charge in [-0.1, -0.05) is 20.8 Å². The van der Waals surface area contributed by atoms with Crippen LogP contribution in [0.2, 0.25) is 0 Å². The van der Waals surface area contributed by atoms with Crippen molar-refractivity contribution in [3.8, 4) is 0 Å². The summed E-state index contributed by atoms with van der Waals surface area (Å²) in [5, 5.41) is 0. The summed E-state index contributed by atoms with van der Waals surface area (Å²) in [6, 6.07) is 2.11. The average Bonchev–Trinajstić information content (AvgIpc) is 2.46. The maximum atomic E-state index is 4.42. The maximum absolute atomic E-state index is 4.42. The zero-order valence-electron chi connectivity index (χ0n) is 9.07. The van der Waals surface area contributed by atoms with E-state index in [4.69, 9.17) is 0 Å². The molecule has 74 valence electrons. The van der Waals surface area contributed by atoms with Gasteiger partial charge in [-0.25, -0.2) is 4.98 Å². The van der Waals surface area contributed by atoms with Crippen LogP contribution in [0, 0.1) is 0 Å². The Hall–Kier alpha value is -1.38. The highest BCUT2D eigenvalue weighted by atomic mass is 15.0. The first kappa shape index (κ1) is 9.19.